The average Bonchev–Trinajstić information content (AvgIpc) is 3.76. The Kier molecular flexibility index (Phi) is 6.90. The Labute approximate surface area is 297 Å². The molecule has 0 fully saturated rings. The number of hydrogen-bond donors (Lipinski definition) is 0. The third-order valence-electron chi connectivity index (χ3n) is 9.52. The van der Waals surface area contributed by atoms with Crippen molar-refractivity contribution < 1.29 is 0 Å². The molecule has 10 aromatic rings. The van der Waals surface area contributed by atoms with E-state index in [4.69, 9.17) is 9.97 Å². The monoisotopic (exact) mass is 672 g/mol. The molecule has 3 heterocycles. The molecular weight excluding hydrogens is 645 g/mol. The molecule has 2 nitrogen and oxygen atoms in total. The predicted molar refractivity (Wildman–Crippen MR) is 215 cm³/mol. The maximum atomic E-state index is 5.25. The van der Waals surface area contributed by atoms with Crippen LogP contribution in [-0.2, 0) is 0 Å². The summed E-state index contributed by atoms with van der Waals surface area (Å²) in [6.45, 7) is 0. The Morgan fingerprint density at radius 1 is 0.300 bits per heavy atom. The normalized spacial score (nSPS) is 11.6. The van der Waals surface area contributed by atoms with Crippen molar-refractivity contribution in [1.82, 2.24) is 9.97 Å². The van der Waals surface area contributed by atoms with Crippen molar-refractivity contribution >= 4 is 63.0 Å². The van der Waals surface area contributed by atoms with Crippen LogP contribution in [0.1, 0.15) is 0 Å². The van der Waals surface area contributed by atoms with Crippen LogP contribution in [0.2, 0.25) is 0 Å². The summed E-state index contributed by atoms with van der Waals surface area (Å²) in [6, 6.07) is 60.9. The third-order valence-corrected chi connectivity index (χ3v) is 11.8. The molecule has 0 radical (unpaired) electrons. The van der Waals surface area contributed by atoms with E-state index in [1.807, 2.05) is 46.9 Å². The highest BCUT2D eigenvalue weighted by molar-refractivity contribution is 7.26. The molecule has 0 amide bonds. The number of aromatic nitrogens is 2. The van der Waals surface area contributed by atoms with Crippen molar-refractivity contribution in [1.29, 1.82) is 0 Å². The fraction of sp³-hybridized carbons (Fsp3) is 0. The minimum Gasteiger partial charge on any atom is -0.228 e. The third kappa shape index (κ3) is 5.00. The van der Waals surface area contributed by atoms with Crippen LogP contribution in [0.25, 0.3) is 96.5 Å². The molecule has 7 aromatic carbocycles. The summed E-state index contributed by atoms with van der Waals surface area (Å²) in [5, 5.41) is 5.18. The van der Waals surface area contributed by atoms with E-state index in [2.05, 4.69) is 146 Å². The van der Waals surface area contributed by atoms with Crippen LogP contribution in [0.4, 0.5) is 0 Å². The largest absolute Gasteiger partial charge is 0.228 e. The molecule has 0 saturated carbocycles. The van der Waals surface area contributed by atoms with Crippen molar-refractivity contribution in [2.45, 2.75) is 0 Å². The summed E-state index contributed by atoms with van der Waals surface area (Å²) < 4.78 is 5.23. The van der Waals surface area contributed by atoms with E-state index in [9.17, 15) is 0 Å². The predicted octanol–water partition coefficient (Wildman–Crippen LogP) is 13.5. The zero-order valence-electron chi connectivity index (χ0n) is 26.9. The first-order valence-electron chi connectivity index (χ1n) is 16.7. The molecular formula is C46H28N2S2. The lowest BCUT2D eigenvalue weighted by Gasteiger charge is -2.15. The van der Waals surface area contributed by atoms with Crippen molar-refractivity contribution in [3.8, 4) is 56.2 Å². The smallest absolute Gasteiger partial charge is 0.160 e. The number of benzene rings is 7. The Morgan fingerprint density at radius 3 is 1.48 bits per heavy atom. The number of thiophene rings is 2. The van der Waals surface area contributed by atoms with Gasteiger partial charge in [-0.1, -0.05) is 121 Å². The Hall–Kier alpha value is -5.94. The van der Waals surface area contributed by atoms with E-state index in [1.54, 1.807) is 0 Å². The van der Waals surface area contributed by atoms with Gasteiger partial charge in [-0.3, -0.25) is 0 Å². The second-order valence-corrected chi connectivity index (χ2v) is 14.7. The average molecular weight is 673 g/mol. The van der Waals surface area contributed by atoms with Crippen molar-refractivity contribution in [3.05, 3.63) is 170 Å². The summed E-state index contributed by atoms with van der Waals surface area (Å²) in [5.41, 5.74) is 9.62. The van der Waals surface area contributed by atoms with Gasteiger partial charge in [0, 0.05) is 57.0 Å². The first kappa shape index (κ1) is 29.0. The topological polar surface area (TPSA) is 25.8 Å². The second-order valence-electron chi connectivity index (χ2n) is 12.6. The summed E-state index contributed by atoms with van der Waals surface area (Å²) >= 11 is 3.70. The summed E-state index contributed by atoms with van der Waals surface area (Å²) in [7, 11) is 0. The molecule has 3 aromatic heterocycles. The lowest BCUT2D eigenvalue weighted by molar-refractivity contribution is 1.18. The van der Waals surface area contributed by atoms with Gasteiger partial charge in [0.2, 0.25) is 0 Å². The summed E-state index contributed by atoms with van der Waals surface area (Å²) in [6.07, 6.45) is 0. The molecule has 0 N–H and O–H groups in total. The second kappa shape index (κ2) is 11.9. The highest BCUT2D eigenvalue weighted by atomic mass is 32.1. The number of nitrogens with zero attached hydrogens (tertiary/aromatic N) is 2. The minimum absolute atomic E-state index is 0.714. The quantitative estimate of drug-likeness (QED) is 0.182. The van der Waals surface area contributed by atoms with Gasteiger partial charge in [-0.05, 0) is 70.8 Å². The number of hydrogen-bond acceptors (Lipinski definition) is 4. The molecule has 0 aliphatic heterocycles. The van der Waals surface area contributed by atoms with Crippen LogP contribution in [0.3, 0.4) is 0 Å². The van der Waals surface area contributed by atoms with Crippen LogP contribution in [-0.4, -0.2) is 9.97 Å². The van der Waals surface area contributed by atoms with E-state index in [0.29, 0.717) is 5.82 Å². The van der Waals surface area contributed by atoms with Gasteiger partial charge < -0.3 is 0 Å². The van der Waals surface area contributed by atoms with Gasteiger partial charge in [0.1, 0.15) is 0 Å². The van der Waals surface area contributed by atoms with Crippen molar-refractivity contribution in [3.63, 3.8) is 0 Å². The zero-order valence-corrected chi connectivity index (χ0v) is 28.5. The van der Waals surface area contributed by atoms with E-state index >= 15 is 0 Å². The molecule has 0 aliphatic rings. The first-order valence-corrected chi connectivity index (χ1v) is 18.4. The van der Waals surface area contributed by atoms with Crippen LogP contribution in [0.5, 0.6) is 0 Å². The molecule has 0 aliphatic carbocycles. The lowest BCUT2D eigenvalue weighted by atomic mass is 9.91. The van der Waals surface area contributed by atoms with Gasteiger partial charge in [0.05, 0.1) is 11.4 Å². The van der Waals surface area contributed by atoms with Gasteiger partial charge in [0.15, 0.2) is 5.82 Å². The highest BCUT2D eigenvalue weighted by Crippen LogP contribution is 2.42. The van der Waals surface area contributed by atoms with E-state index in [1.165, 1.54) is 57.0 Å². The van der Waals surface area contributed by atoms with Gasteiger partial charge in [-0.2, -0.15) is 0 Å². The van der Waals surface area contributed by atoms with Gasteiger partial charge in [-0.25, -0.2) is 9.97 Å². The molecule has 10 rings (SSSR count). The number of fused-ring (bicyclic) bond motifs is 6. The fourth-order valence-electron chi connectivity index (χ4n) is 7.04. The molecule has 0 atom stereocenters. The van der Waals surface area contributed by atoms with Gasteiger partial charge >= 0.3 is 0 Å². The Morgan fingerprint density at radius 2 is 0.800 bits per heavy atom. The Balaban J connectivity index is 1.22. The highest BCUT2D eigenvalue weighted by Gasteiger charge is 2.17. The van der Waals surface area contributed by atoms with E-state index < -0.39 is 0 Å². The van der Waals surface area contributed by atoms with Crippen LogP contribution in [0, 0.1) is 0 Å². The summed E-state index contributed by atoms with van der Waals surface area (Å²) in [5.74, 6) is 0.714. The van der Waals surface area contributed by atoms with E-state index in [-0.39, 0.29) is 0 Å². The minimum atomic E-state index is 0.714. The SMILES string of the molecule is c1ccc(-c2cc(-c3ccc(-c4ccc5sc6ccccc6c5c4)cc3-c3ccc4sc5ccccc5c4c3)nc(-c3ccccc3)n2)cc1. The standard InChI is InChI=1S/C46H28N2S2/c1-3-11-29(12-4-1)40-28-41(48-46(47-40)30-13-5-2-6-14-30)34-22-19-31(32-20-23-44-38(26-32)35-15-7-9-17-42(35)49-44)25-37(34)33-21-24-45-39(27-33)36-16-8-10-18-43(36)50-45/h1-28H. The molecule has 0 unspecified atom stereocenters. The lowest BCUT2D eigenvalue weighted by Crippen LogP contribution is -1.97. The first-order chi connectivity index (χ1) is 24.7. The fourth-order valence-corrected chi connectivity index (χ4v) is 9.22. The van der Waals surface area contributed by atoms with Crippen LogP contribution in [0.15, 0.2) is 170 Å². The molecule has 4 heteroatoms. The summed E-state index contributed by atoms with van der Waals surface area (Å²) in [4.78, 5) is 10.3. The molecule has 0 spiro atoms. The van der Waals surface area contributed by atoms with Crippen LogP contribution >= 0.6 is 22.7 Å². The van der Waals surface area contributed by atoms with Gasteiger partial charge in [0.25, 0.3) is 0 Å². The zero-order chi connectivity index (χ0) is 33.0. The maximum absolute atomic E-state index is 5.25. The number of rotatable bonds is 5. The Bertz CT molecular complexity index is 2810. The van der Waals surface area contributed by atoms with Crippen molar-refractivity contribution in [2.24, 2.45) is 0 Å². The molecule has 0 saturated heterocycles. The van der Waals surface area contributed by atoms with Gasteiger partial charge in [-0.15, -0.1) is 22.7 Å². The molecule has 0 bridgehead atoms. The molecule has 234 valence electrons. The molecule has 50 heavy (non-hydrogen) atoms. The van der Waals surface area contributed by atoms with Crippen LogP contribution < -0.4 is 0 Å². The van der Waals surface area contributed by atoms with Crippen molar-refractivity contribution in [2.75, 3.05) is 0 Å². The van der Waals surface area contributed by atoms with E-state index in [0.717, 1.165) is 33.6 Å². The maximum Gasteiger partial charge on any atom is 0.160 e.